The smallest absolute Gasteiger partial charge is 0.347 e. The number of rotatable bonds is 3. The first-order valence-corrected chi connectivity index (χ1v) is 6.98. The highest BCUT2D eigenvalue weighted by Crippen LogP contribution is 2.47. The van der Waals surface area contributed by atoms with Gasteiger partial charge in [-0.25, -0.2) is 4.79 Å². The Morgan fingerprint density at radius 1 is 1.64 bits per heavy atom. The molecule has 1 aliphatic rings. The number of nitrogens with zero attached hydrogens (tertiary/aromatic N) is 2. The van der Waals surface area contributed by atoms with E-state index in [1.807, 2.05) is 4.98 Å². The Morgan fingerprint density at radius 2 is 2.32 bits per heavy atom. The topological polar surface area (TPSA) is 117 Å². The Morgan fingerprint density at radius 3 is 2.82 bits per heavy atom. The Bertz CT molecular complexity index is 719. The number of nitrogens with one attached hydrogen (secondary N) is 1. The molecule has 1 saturated heterocycles. The fourth-order valence-corrected chi connectivity index (χ4v) is 2.99. The highest BCUT2D eigenvalue weighted by atomic mass is 35.5. The number of aliphatic hydroxyl groups is 2. The largest absolute Gasteiger partial charge is 0.396 e. The first-order valence-electron chi connectivity index (χ1n) is 6.60. The van der Waals surface area contributed by atoms with Crippen molar-refractivity contribution in [2.24, 2.45) is 5.92 Å². The molecule has 0 bridgehead atoms. The van der Waals surface area contributed by atoms with Crippen molar-refractivity contribution in [3.8, 4) is 11.8 Å². The van der Waals surface area contributed by atoms with E-state index >= 15 is 0 Å². The highest BCUT2D eigenvalue weighted by molar-refractivity contribution is 6.26. The zero-order valence-electron chi connectivity index (χ0n) is 12.0. The summed E-state index contributed by atoms with van der Waals surface area (Å²) in [5.74, 6) is 4.62. The van der Waals surface area contributed by atoms with Gasteiger partial charge < -0.3 is 14.9 Å². The molecule has 0 saturated carbocycles. The lowest BCUT2D eigenvalue weighted by molar-refractivity contribution is -0.0730. The number of ether oxygens (including phenoxy) is 1. The molecule has 0 aliphatic carbocycles. The average molecular weight is 330 g/mol. The quantitative estimate of drug-likeness (QED) is 0.474. The first kappa shape index (κ1) is 16.7. The van der Waals surface area contributed by atoms with Crippen molar-refractivity contribution in [1.82, 2.24) is 14.8 Å². The second kappa shape index (κ2) is 6.22. The summed E-state index contributed by atoms with van der Waals surface area (Å²) in [6.45, 7) is 2.63. The molecule has 120 valence electrons. The van der Waals surface area contributed by atoms with Crippen molar-refractivity contribution in [3.05, 3.63) is 27.0 Å². The third kappa shape index (κ3) is 2.68. The van der Waals surface area contributed by atoms with Gasteiger partial charge in [-0.2, -0.15) is 9.78 Å². The first-order chi connectivity index (χ1) is 10.3. The maximum Gasteiger partial charge on any atom is 0.347 e. The molecule has 2 heterocycles. The van der Waals surface area contributed by atoms with Crippen molar-refractivity contribution in [1.29, 1.82) is 0 Å². The summed E-state index contributed by atoms with van der Waals surface area (Å²) in [5, 5.41) is 23.2. The molecule has 5 atom stereocenters. The summed E-state index contributed by atoms with van der Waals surface area (Å²) < 4.78 is 6.49. The third-order valence-electron chi connectivity index (χ3n) is 3.53. The van der Waals surface area contributed by atoms with Crippen LogP contribution in [0.15, 0.2) is 15.8 Å². The van der Waals surface area contributed by atoms with Crippen LogP contribution < -0.4 is 11.2 Å². The van der Waals surface area contributed by atoms with Gasteiger partial charge in [-0.15, -0.1) is 5.92 Å². The van der Waals surface area contributed by atoms with Gasteiger partial charge in [0, 0.05) is 5.92 Å². The van der Waals surface area contributed by atoms with E-state index in [1.165, 1.54) is 6.92 Å². The van der Waals surface area contributed by atoms with Crippen LogP contribution >= 0.6 is 11.6 Å². The van der Waals surface area contributed by atoms with Gasteiger partial charge in [0.25, 0.3) is 5.56 Å². The lowest BCUT2D eigenvalue weighted by atomic mass is 9.87. The van der Waals surface area contributed by atoms with Crippen molar-refractivity contribution in [2.45, 2.75) is 37.2 Å². The Labute approximate surface area is 130 Å². The summed E-state index contributed by atoms with van der Waals surface area (Å²) in [4.78, 5) is 23.6. The zero-order chi connectivity index (χ0) is 16.5. The molecule has 1 aromatic heterocycles. The second-order valence-electron chi connectivity index (χ2n) is 5.01. The maximum atomic E-state index is 11.9. The standard InChI is InChI=1S/C13H16ClN3O5/c1-3-4-13(14)8(6-18)10(7(2)19)22-11(13)17-12(21)16-9(20)5-15-17/h5,7-8,10-11,18-19H,6H2,1-2H3,(H,16,20,21)/t7-,8?,10-,11-,13?/m1/s1. The molecule has 9 heteroatoms. The molecule has 2 unspecified atom stereocenters. The fourth-order valence-electron chi connectivity index (χ4n) is 2.56. The minimum Gasteiger partial charge on any atom is -0.396 e. The van der Waals surface area contributed by atoms with Gasteiger partial charge in [-0.1, -0.05) is 17.5 Å². The predicted octanol–water partition coefficient (Wildman–Crippen LogP) is -1.18. The monoisotopic (exact) mass is 329 g/mol. The number of H-pyrrole nitrogens is 1. The summed E-state index contributed by atoms with van der Waals surface area (Å²) >= 11 is 6.53. The Balaban J connectivity index is 2.59. The molecule has 0 amide bonds. The van der Waals surface area contributed by atoms with E-state index in [9.17, 15) is 19.8 Å². The van der Waals surface area contributed by atoms with Crippen molar-refractivity contribution in [2.75, 3.05) is 6.61 Å². The van der Waals surface area contributed by atoms with Crippen LogP contribution in [0.3, 0.4) is 0 Å². The number of aliphatic hydroxyl groups excluding tert-OH is 2. The molecular weight excluding hydrogens is 314 g/mol. The molecule has 2 rings (SSSR count). The van der Waals surface area contributed by atoms with Crippen LogP contribution in [-0.4, -0.2) is 48.7 Å². The van der Waals surface area contributed by atoms with Gasteiger partial charge in [-0.3, -0.25) is 9.78 Å². The SMILES string of the molecule is CC#CC1(Cl)C(CO)[C@@H]([C@@H](C)O)O[C@H]1n1ncc(=O)[nH]c1=O. The normalized spacial score (nSPS) is 32.3. The van der Waals surface area contributed by atoms with E-state index in [-0.39, 0.29) is 0 Å². The van der Waals surface area contributed by atoms with E-state index in [0.29, 0.717) is 0 Å². The van der Waals surface area contributed by atoms with Gasteiger partial charge >= 0.3 is 5.69 Å². The number of alkyl halides is 1. The second-order valence-corrected chi connectivity index (χ2v) is 5.63. The molecule has 0 aromatic carbocycles. The molecule has 0 spiro atoms. The summed E-state index contributed by atoms with van der Waals surface area (Å²) in [6, 6.07) is 0. The van der Waals surface area contributed by atoms with Gasteiger partial charge in [0.15, 0.2) is 11.1 Å². The molecule has 1 aliphatic heterocycles. The predicted molar refractivity (Wildman–Crippen MR) is 77.3 cm³/mol. The number of aromatic amines is 1. The Hall–Kier alpha value is -1.66. The van der Waals surface area contributed by atoms with Crippen molar-refractivity contribution < 1.29 is 14.9 Å². The van der Waals surface area contributed by atoms with E-state index in [4.69, 9.17) is 16.3 Å². The van der Waals surface area contributed by atoms with Crippen LogP contribution in [-0.2, 0) is 4.74 Å². The van der Waals surface area contributed by atoms with Crippen LogP contribution in [0.25, 0.3) is 0 Å². The minimum absolute atomic E-state index is 0.400. The Kier molecular flexibility index (Phi) is 4.72. The van der Waals surface area contributed by atoms with Gasteiger partial charge in [0.05, 0.1) is 18.8 Å². The molecule has 1 aromatic rings. The minimum atomic E-state index is -1.47. The van der Waals surface area contributed by atoms with E-state index in [0.717, 1.165) is 10.9 Å². The molecule has 0 radical (unpaired) electrons. The van der Waals surface area contributed by atoms with Crippen LogP contribution in [0.5, 0.6) is 0 Å². The molecule has 8 nitrogen and oxygen atoms in total. The van der Waals surface area contributed by atoms with Crippen LogP contribution in [0, 0.1) is 17.8 Å². The average Bonchev–Trinajstić information content (AvgIpc) is 2.72. The van der Waals surface area contributed by atoms with Gasteiger partial charge in [-0.05, 0) is 13.8 Å². The van der Waals surface area contributed by atoms with E-state index < -0.39 is 47.1 Å². The summed E-state index contributed by atoms with van der Waals surface area (Å²) in [5.41, 5.74) is -1.48. The number of halogens is 1. The molecular formula is C13H16ClN3O5. The lowest BCUT2D eigenvalue weighted by Gasteiger charge is -2.27. The summed E-state index contributed by atoms with van der Waals surface area (Å²) in [6.07, 6.45) is -2.04. The number of hydrogen-bond acceptors (Lipinski definition) is 6. The van der Waals surface area contributed by atoms with Crippen LogP contribution in [0.1, 0.15) is 20.1 Å². The van der Waals surface area contributed by atoms with Gasteiger partial charge in [0.2, 0.25) is 0 Å². The van der Waals surface area contributed by atoms with Crippen molar-refractivity contribution in [3.63, 3.8) is 0 Å². The molecule has 1 fully saturated rings. The summed E-state index contributed by atoms with van der Waals surface area (Å²) in [7, 11) is 0. The highest BCUT2D eigenvalue weighted by Gasteiger charge is 2.57. The van der Waals surface area contributed by atoms with E-state index in [2.05, 4.69) is 16.9 Å². The molecule has 22 heavy (non-hydrogen) atoms. The molecule has 3 N–H and O–H groups in total. The maximum absolute atomic E-state index is 11.9. The number of aromatic nitrogens is 3. The van der Waals surface area contributed by atoms with Crippen LogP contribution in [0.2, 0.25) is 0 Å². The van der Waals surface area contributed by atoms with E-state index in [1.54, 1.807) is 6.92 Å². The fraction of sp³-hybridized carbons (Fsp3) is 0.615. The van der Waals surface area contributed by atoms with Crippen LogP contribution in [0.4, 0.5) is 0 Å². The number of hydrogen-bond donors (Lipinski definition) is 3. The lowest BCUT2D eigenvalue weighted by Crippen LogP contribution is -2.44. The van der Waals surface area contributed by atoms with Crippen molar-refractivity contribution >= 4 is 11.6 Å². The third-order valence-corrected chi connectivity index (χ3v) is 4.09. The van der Waals surface area contributed by atoms with Gasteiger partial charge in [0.1, 0.15) is 6.20 Å². The zero-order valence-corrected chi connectivity index (χ0v) is 12.7.